The van der Waals surface area contributed by atoms with Gasteiger partial charge in [-0.25, -0.2) is 0 Å². The van der Waals surface area contributed by atoms with Gasteiger partial charge < -0.3 is 4.57 Å². The van der Waals surface area contributed by atoms with Crippen molar-refractivity contribution < 1.29 is 0 Å². The Balaban J connectivity index is 1.56. The van der Waals surface area contributed by atoms with E-state index in [4.69, 9.17) is 12.2 Å². The Morgan fingerprint density at radius 1 is 0.857 bits per heavy atom. The van der Waals surface area contributed by atoms with Gasteiger partial charge in [0.15, 0.2) is 4.77 Å². The zero-order chi connectivity index (χ0) is 19.1. The van der Waals surface area contributed by atoms with Gasteiger partial charge >= 0.3 is 0 Å². The summed E-state index contributed by atoms with van der Waals surface area (Å²) in [4.78, 5) is 0. The van der Waals surface area contributed by atoms with Crippen molar-refractivity contribution >= 4 is 50.0 Å². The second kappa shape index (κ2) is 7.04. The van der Waals surface area contributed by atoms with E-state index >= 15 is 0 Å². The molecule has 138 valence electrons. The maximum absolute atomic E-state index is 5.48. The molecule has 0 aliphatic heterocycles. The molecule has 5 aromatic rings. The summed E-state index contributed by atoms with van der Waals surface area (Å²) in [6.45, 7) is 0.824. The van der Waals surface area contributed by atoms with Crippen molar-refractivity contribution in [2.45, 2.75) is 13.0 Å². The predicted molar refractivity (Wildman–Crippen MR) is 120 cm³/mol. The van der Waals surface area contributed by atoms with Gasteiger partial charge in [-0.15, -0.1) is 0 Å². The highest BCUT2D eigenvalue weighted by Gasteiger charge is 2.12. The van der Waals surface area contributed by atoms with E-state index in [0.717, 1.165) is 29.0 Å². The largest absolute Gasteiger partial charge is 0.340 e. The number of rotatable bonds is 4. The molecular formula is C22H17BrN4S. The lowest BCUT2D eigenvalue weighted by Crippen LogP contribution is -2.07. The molecule has 28 heavy (non-hydrogen) atoms. The highest BCUT2D eigenvalue weighted by atomic mass is 79.9. The Hall–Kier alpha value is -2.70. The molecule has 0 unspecified atom stereocenters. The van der Waals surface area contributed by atoms with Gasteiger partial charge in [-0.05, 0) is 48.6 Å². The molecule has 0 atom stereocenters. The fraction of sp³-hybridized carbons (Fsp3) is 0.0909. The van der Waals surface area contributed by atoms with Crippen molar-refractivity contribution in [1.29, 1.82) is 0 Å². The molecule has 0 bridgehead atoms. The number of aromatic nitrogens is 4. The van der Waals surface area contributed by atoms with Crippen molar-refractivity contribution in [3.63, 3.8) is 0 Å². The monoisotopic (exact) mass is 448 g/mol. The number of hydrogen-bond acceptors (Lipinski definition) is 2. The minimum atomic E-state index is 0.611. The van der Waals surface area contributed by atoms with E-state index in [0.29, 0.717) is 4.77 Å². The van der Waals surface area contributed by atoms with Crippen LogP contribution in [0.15, 0.2) is 77.3 Å². The van der Waals surface area contributed by atoms with Crippen LogP contribution in [0.25, 0.3) is 27.5 Å². The molecule has 0 aliphatic rings. The van der Waals surface area contributed by atoms with Crippen LogP contribution in [0.5, 0.6) is 0 Å². The Labute approximate surface area is 175 Å². The topological polar surface area (TPSA) is 38.5 Å². The number of H-pyrrole nitrogens is 1. The molecule has 4 nitrogen and oxygen atoms in total. The van der Waals surface area contributed by atoms with E-state index in [1.54, 1.807) is 0 Å². The molecule has 2 aromatic heterocycles. The number of nitrogens with one attached hydrogen (secondary N) is 1. The minimum absolute atomic E-state index is 0.611. The third-order valence-corrected chi connectivity index (χ3v) is 5.87. The van der Waals surface area contributed by atoms with E-state index in [1.165, 1.54) is 21.8 Å². The first-order chi connectivity index (χ1) is 13.7. The first kappa shape index (κ1) is 17.4. The molecule has 0 saturated carbocycles. The number of fused-ring (bicyclic) bond motifs is 3. The summed E-state index contributed by atoms with van der Waals surface area (Å²) in [5.41, 5.74) is 3.50. The van der Waals surface area contributed by atoms with Gasteiger partial charge in [0.1, 0.15) is 5.82 Å². The summed E-state index contributed by atoms with van der Waals surface area (Å²) < 4.78 is 6.03. The number of hydrogen-bond donors (Lipinski definition) is 1. The summed E-state index contributed by atoms with van der Waals surface area (Å²) >= 11 is 8.97. The molecular weight excluding hydrogens is 432 g/mol. The lowest BCUT2D eigenvalue weighted by Gasteiger charge is -2.10. The van der Waals surface area contributed by atoms with Crippen LogP contribution < -0.4 is 0 Å². The number of aromatic amines is 1. The van der Waals surface area contributed by atoms with Crippen molar-refractivity contribution in [3.05, 3.63) is 87.9 Å². The zero-order valence-electron chi connectivity index (χ0n) is 15.0. The number of halogens is 1. The quantitative estimate of drug-likeness (QED) is 0.340. The van der Waals surface area contributed by atoms with Crippen molar-refractivity contribution in [2.75, 3.05) is 0 Å². The normalized spacial score (nSPS) is 11.5. The molecule has 0 radical (unpaired) electrons. The summed E-state index contributed by atoms with van der Waals surface area (Å²) in [5, 5.41) is 10.0. The van der Waals surface area contributed by atoms with Crippen molar-refractivity contribution in [3.8, 4) is 5.69 Å². The molecule has 6 heteroatoms. The first-order valence-corrected chi connectivity index (χ1v) is 10.3. The van der Waals surface area contributed by atoms with Gasteiger partial charge in [0.2, 0.25) is 0 Å². The standard InChI is InChI=1S/C22H17BrN4S/c23-15-9-11-16(12-10-15)27-21(24-25-22(27)28)13-14-26-19-7-3-1-5-17(19)18-6-2-4-8-20(18)26/h1-12H,13-14H2,(H,25,28). The number of benzene rings is 3. The minimum Gasteiger partial charge on any atom is -0.340 e. The van der Waals surface area contributed by atoms with E-state index < -0.39 is 0 Å². The lowest BCUT2D eigenvalue weighted by atomic mass is 10.2. The third-order valence-electron chi connectivity index (χ3n) is 5.07. The average Bonchev–Trinajstić information content (AvgIpc) is 3.25. The van der Waals surface area contributed by atoms with Crippen LogP contribution in [0.3, 0.4) is 0 Å². The molecule has 5 rings (SSSR count). The highest BCUT2D eigenvalue weighted by Crippen LogP contribution is 2.29. The molecule has 0 fully saturated rings. The van der Waals surface area contributed by atoms with Crippen LogP contribution >= 0.6 is 28.1 Å². The number of aryl methyl sites for hydroxylation is 2. The SMILES string of the molecule is S=c1[nH]nc(CCn2c3ccccc3c3ccccc32)n1-c1ccc(Br)cc1. The fourth-order valence-corrected chi connectivity index (χ4v) is 4.33. The molecule has 0 amide bonds. The first-order valence-electron chi connectivity index (χ1n) is 9.10. The number of nitrogens with zero attached hydrogens (tertiary/aromatic N) is 3. The highest BCUT2D eigenvalue weighted by molar-refractivity contribution is 9.10. The van der Waals surface area contributed by atoms with Gasteiger partial charge in [-0.1, -0.05) is 52.3 Å². The van der Waals surface area contributed by atoms with E-state index in [9.17, 15) is 0 Å². The Bertz CT molecular complexity index is 1290. The second-order valence-corrected chi connectivity index (χ2v) is 8.00. The smallest absolute Gasteiger partial charge is 0.199 e. The summed E-state index contributed by atoms with van der Waals surface area (Å²) in [6, 6.07) is 25.2. The van der Waals surface area contributed by atoms with Gasteiger partial charge in [-0.3, -0.25) is 9.67 Å². The molecule has 0 saturated heterocycles. The molecule has 3 aromatic carbocycles. The second-order valence-electron chi connectivity index (χ2n) is 6.69. The predicted octanol–water partition coefficient (Wildman–Crippen LogP) is 6.04. The average molecular weight is 449 g/mol. The Kier molecular flexibility index (Phi) is 4.37. The van der Waals surface area contributed by atoms with Gasteiger partial charge in [0, 0.05) is 44.9 Å². The molecule has 0 spiro atoms. The molecule has 1 N–H and O–H groups in total. The number of para-hydroxylation sites is 2. The zero-order valence-corrected chi connectivity index (χ0v) is 17.4. The maximum Gasteiger partial charge on any atom is 0.199 e. The Morgan fingerprint density at radius 2 is 1.46 bits per heavy atom. The maximum atomic E-state index is 5.48. The lowest BCUT2D eigenvalue weighted by molar-refractivity contribution is 0.697. The summed E-state index contributed by atoms with van der Waals surface area (Å²) in [5.74, 6) is 0.925. The Morgan fingerprint density at radius 3 is 2.11 bits per heavy atom. The van der Waals surface area contributed by atoms with Crippen LogP contribution in [0.1, 0.15) is 5.82 Å². The van der Waals surface area contributed by atoms with Crippen LogP contribution in [0.4, 0.5) is 0 Å². The van der Waals surface area contributed by atoms with Crippen molar-refractivity contribution in [2.24, 2.45) is 0 Å². The van der Waals surface area contributed by atoms with Gasteiger partial charge in [-0.2, -0.15) is 5.10 Å². The van der Waals surface area contributed by atoms with E-state index in [2.05, 4.69) is 79.2 Å². The van der Waals surface area contributed by atoms with E-state index in [1.807, 2.05) is 28.8 Å². The molecule has 0 aliphatic carbocycles. The fourth-order valence-electron chi connectivity index (χ4n) is 3.81. The van der Waals surface area contributed by atoms with Crippen LogP contribution in [-0.4, -0.2) is 19.3 Å². The van der Waals surface area contributed by atoms with E-state index in [-0.39, 0.29) is 0 Å². The van der Waals surface area contributed by atoms with Crippen molar-refractivity contribution in [1.82, 2.24) is 19.3 Å². The van der Waals surface area contributed by atoms with Gasteiger partial charge in [0.25, 0.3) is 0 Å². The molecule has 2 heterocycles. The van der Waals surface area contributed by atoms with Crippen LogP contribution in [0.2, 0.25) is 0 Å². The van der Waals surface area contributed by atoms with Gasteiger partial charge in [0.05, 0.1) is 0 Å². The van der Waals surface area contributed by atoms with Crippen LogP contribution in [-0.2, 0) is 13.0 Å². The van der Waals surface area contributed by atoms with Crippen LogP contribution in [0, 0.1) is 4.77 Å². The third kappa shape index (κ3) is 2.89. The summed E-state index contributed by atoms with van der Waals surface area (Å²) in [7, 11) is 0. The summed E-state index contributed by atoms with van der Waals surface area (Å²) in [6.07, 6.45) is 0.770.